The zero-order valence-electron chi connectivity index (χ0n) is 26.9. The monoisotopic (exact) mass is 640 g/mol. The number of hydrogen-bond donors (Lipinski definition) is 0. The van der Waals surface area contributed by atoms with Gasteiger partial charge >= 0.3 is 0 Å². The van der Waals surface area contributed by atoms with Gasteiger partial charge in [0.25, 0.3) is 0 Å². The van der Waals surface area contributed by atoms with Gasteiger partial charge in [0.05, 0.1) is 11.4 Å². The number of para-hydroxylation sites is 3. The molecule has 0 atom stereocenters. The first-order chi connectivity index (χ1) is 24.8. The van der Waals surface area contributed by atoms with Crippen molar-refractivity contribution >= 4 is 43.9 Å². The fourth-order valence-electron chi connectivity index (χ4n) is 7.13. The molecule has 0 saturated heterocycles. The van der Waals surface area contributed by atoms with Crippen molar-refractivity contribution in [2.24, 2.45) is 0 Å². The van der Waals surface area contributed by atoms with E-state index in [0.717, 1.165) is 88.6 Å². The summed E-state index contributed by atoms with van der Waals surface area (Å²) in [5.74, 6) is 0.665. The lowest BCUT2D eigenvalue weighted by molar-refractivity contribution is 0.665. The molecule has 0 bridgehead atoms. The van der Waals surface area contributed by atoms with Crippen LogP contribution in [0.1, 0.15) is 0 Å². The van der Waals surface area contributed by atoms with E-state index in [4.69, 9.17) is 18.8 Å². The molecule has 4 heteroatoms. The summed E-state index contributed by atoms with van der Waals surface area (Å²) in [6, 6.07) is 58.3. The minimum atomic E-state index is 0.665. The Kier molecular flexibility index (Phi) is 6.46. The molecule has 0 N–H and O–H groups in total. The predicted octanol–water partition coefficient (Wildman–Crippen LogP) is 12.6. The van der Waals surface area contributed by atoms with Crippen molar-refractivity contribution in [1.82, 2.24) is 9.97 Å². The summed E-state index contributed by atoms with van der Waals surface area (Å²) in [6.07, 6.45) is 0. The van der Waals surface area contributed by atoms with Crippen LogP contribution >= 0.6 is 0 Å². The molecule has 234 valence electrons. The van der Waals surface area contributed by atoms with Crippen molar-refractivity contribution in [1.29, 1.82) is 0 Å². The highest BCUT2D eigenvalue weighted by molar-refractivity contribution is 6.18. The van der Waals surface area contributed by atoms with Crippen LogP contribution in [-0.4, -0.2) is 9.97 Å². The summed E-state index contributed by atoms with van der Waals surface area (Å²) in [6.45, 7) is 0. The Labute approximate surface area is 287 Å². The van der Waals surface area contributed by atoms with Crippen molar-refractivity contribution in [2.75, 3.05) is 0 Å². The number of benzene rings is 7. The van der Waals surface area contributed by atoms with Gasteiger partial charge in [0, 0.05) is 49.4 Å². The predicted molar refractivity (Wildman–Crippen MR) is 204 cm³/mol. The number of aromatic nitrogens is 2. The molecular formula is C46H28N2O2. The zero-order valence-corrected chi connectivity index (χ0v) is 26.9. The maximum atomic E-state index is 6.72. The van der Waals surface area contributed by atoms with Gasteiger partial charge in [-0.2, -0.15) is 0 Å². The van der Waals surface area contributed by atoms with E-state index >= 15 is 0 Å². The second kappa shape index (κ2) is 11.4. The number of furan rings is 2. The normalized spacial score (nSPS) is 11.6. The Morgan fingerprint density at radius 3 is 1.66 bits per heavy atom. The average molecular weight is 641 g/mol. The summed E-state index contributed by atoms with van der Waals surface area (Å²) >= 11 is 0. The van der Waals surface area contributed by atoms with Gasteiger partial charge in [-0.3, -0.25) is 0 Å². The maximum Gasteiger partial charge on any atom is 0.160 e. The van der Waals surface area contributed by atoms with Crippen molar-refractivity contribution in [3.63, 3.8) is 0 Å². The third-order valence-corrected chi connectivity index (χ3v) is 9.54. The largest absolute Gasteiger partial charge is 0.455 e. The van der Waals surface area contributed by atoms with E-state index in [0.29, 0.717) is 5.82 Å². The lowest BCUT2D eigenvalue weighted by Gasteiger charge is -2.12. The summed E-state index contributed by atoms with van der Waals surface area (Å²) in [5, 5.41) is 4.22. The second-order valence-electron chi connectivity index (χ2n) is 12.5. The van der Waals surface area contributed by atoms with Crippen LogP contribution in [0.5, 0.6) is 0 Å². The lowest BCUT2D eigenvalue weighted by atomic mass is 9.95. The zero-order chi connectivity index (χ0) is 33.0. The molecular weight excluding hydrogens is 613 g/mol. The second-order valence-corrected chi connectivity index (χ2v) is 12.5. The molecule has 0 saturated carbocycles. The van der Waals surface area contributed by atoms with Gasteiger partial charge in [0.15, 0.2) is 5.82 Å². The van der Waals surface area contributed by atoms with E-state index in [1.807, 2.05) is 54.6 Å². The Morgan fingerprint density at radius 1 is 0.340 bits per heavy atom. The molecule has 0 fully saturated rings. The summed E-state index contributed by atoms with van der Waals surface area (Å²) in [7, 11) is 0. The van der Waals surface area contributed by atoms with Crippen LogP contribution in [0, 0.1) is 0 Å². The van der Waals surface area contributed by atoms with Gasteiger partial charge < -0.3 is 8.83 Å². The molecule has 0 aliphatic heterocycles. The highest BCUT2D eigenvalue weighted by Gasteiger charge is 2.22. The number of nitrogens with zero attached hydrogens (tertiary/aromatic N) is 2. The van der Waals surface area contributed by atoms with Crippen molar-refractivity contribution in [3.05, 3.63) is 170 Å². The standard InChI is InChI=1S/C46H28N2O2/c1-3-12-29(13-4-1)30-22-24-32(25-23-30)46-47-39(31-14-5-2-6-15-31)28-40(48-46)37-27-26-36(45-43(37)38-17-8-10-21-42(38)50-45)35-19-11-18-34-33-16-7-9-20-41(33)49-44(34)35/h1-28H. The summed E-state index contributed by atoms with van der Waals surface area (Å²) in [5.41, 5.74) is 12.2. The number of rotatable bonds is 5. The van der Waals surface area contributed by atoms with E-state index in [1.54, 1.807) is 0 Å². The minimum Gasteiger partial charge on any atom is -0.455 e. The molecule has 50 heavy (non-hydrogen) atoms. The minimum absolute atomic E-state index is 0.665. The Balaban J connectivity index is 1.20. The van der Waals surface area contributed by atoms with E-state index in [-0.39, 0.29) is 0 Å². The summed E-state index contributed by atoms with van der Waals surface area (Å²) < 4.78 is 13.2. The van der Waals surface area contributed by atoms with Gasteiger partial charge in [-0.05, 0) is 35.4 Å². The van der Waals surface area contributed by atoms with E-state index in [9.17, 15) is 0 Å². The molecule has 10 aromatic rings. The van der Waals surface area contributed by atoms with Crippen LogP contribution < -0.4 is 0 Å². The highest BCUT2D eigenvalue weighted by Crippen LogP contribution is 2.44. The first-order valence-electron chi connectivity index (χ1n) is 16.7. The Morgan fingerprint density at radius 2 is 0.880 bits per heavy atom. The van der Waals surface area contributed by atoms with Crippen molar-refractivity contribution < 1.29 is 8.83 Å². The van der Waals surface area contributed by atoms with Crippen molar-refractivity contribution in [2.45, 2.75) is 0 Å². The van der Waals surface area contributed by atoms with E-state index < -0.39 is 0 Å². The quantitative estimate of drug-likeness (QED) is 0.188. The molecule has 0 aliphatic rings. The average Bonchev–Trinajstić information content (AvgIpc) is 3.78. The number of fused-ring (bicyclic) bond motifs is 6. The summed E-state index contributed by atoms with van der Waals surface area (Å²) in [4.78, 5) is 10.4. The molecule has 7 aromatic carbocycles. The fourth-order valence-corrected chi connectivity index (χ4v) is 7.13. The molecule has 3 heterocycles. The van der Waals surface area contributed by atoms with Crippen LogP contribution in [0.3, 0.4) is 0 Å². The Hall–Kier alpha value is -6.78. The first-order valence-corrected chi connectivity index (χ1v) is 16.7. The molecule has 10 rings (SSSR count). The van der Waals surface area contributed by atoms with Crippen LogP contribution in [-0.2, 0) is 0 Å². The molecule has 0 spiro atoms. The molecule has 4 nitrogen and oxygen atoms in total. The third kappa shape index (κ3) is 4.61. The van der Waals surface area contributed by atoms with Gasteiger partial charge in [-0.15, -0.1) is 0 Å². The van der Waals surface area contributed by atoms with Crippen molar-refractivity contribution in [3.8, 4) is 56.2 Å². The first kappa shape index (κ1) is 28.3. The van der Waals surface area contributed by atoms with Gasteiger partial charge in [-0.25, -0.2) is 9.97 Å². The van der Waals surface area contributed by atoms with E-state index in [2.05, 4.69) is 115 Å². The smallest absolute Gasteiger partial charge is 0.160 e. The van der Waals surface area contributed by atoms with Crippen LogP contribution in [0.4, 0.5) is 0 Å². The third-order valence-electron chi connectivity index (χ3n) is 9.54. The van der Waals surface area contributed by atoms with Gasteiger partial charge in [-0.1, -0.05) is 146 Å². The van der Waals surface area contributed by atoms with E-state index in [1.165, 1.54) is 5.56 Å². The van der Waals surface area contributed by atoms with Gasteiger partial charge in [0.1, 0.15) is 22.3 Å². The molecule has 3 aromatic heterocycles. The SMILES string of the molecule is c1ccc(-c2ccc(-c3nc(-c4ccccc4)cc(-c4ccc(-c5cccc6c5oc5ccccc56)c5oc6ccccc6c45)n3)cc2)cc1. The van der Waals surface area contributed by atoms with Crippen LogP contribution in [0.25, 0.3) is 100 Å². The van der Waals surface area contributed by atoms with Gasteiger partial charge in [0.2, 0.25) is 0 Å². The molecule has 0 radical (unpaired) electrons. The fraction of sp³-hybridized carbons (Fsp3) is 0. The Bertz CT molecular complexity index is 2850. The highest BCUT2D eigenvalue weighted by atomic mass is 16.3. The molecule has 0 unspecified atom stereocenters. The molecule has 0 amide bonds. The van der Waals surface area contributed by atoms with Crippen LogP contribution in [0.15, 0.2) is 179 Å². The molecule has 0 aliphatic carbocycles. The topological polar surface area (TPSA) is 52.1 Å². The maximum absolute atomic E-state index is 6.72. The number of hydrogen-bond acceptors (Lipinski definition) is 4. The van der Waals surface area contributed by atoms with Crippen LogP contribution in [0.2, 0.25) is 0 Å². The lowest BCUT2D eigenvalue weighted by Crippen LogP contribution is -1.96.